The van der Waals surface area contributed by atoms with Gasteiger partial charge < -0.3 is 0 Å². The van der Waals surface area contributed by atoms with E-state index in [0.717, 1.165) is 0 Å². The zero-order chi connectivity index (χ0) is 5.21. The maximum Gasteiger partial charge on any atom is 0.326 e. The normalized spacial score (nSPS) is 11.2. The van der Waals surface area contributed by atoms with Gasteiger partial charge in [-0.2, -0.15) is 8.78 Å². The van der Waals surface area contributed by atoms with Gasteiger partial charge in [0.25, 0.3) is 0 Å². The van der Waals surface area contributed by atoms with Crippen LogP contribution in [-0.2, 0) is 0 Å². The minimum atomic E-state index is -3.01. The molecule has 0 aromatic rings. The Bertz CT molecular complexity index is 54.3. The maximum absolute atomic E-state index is 11.2. The number of hydrogen-bond acceptors (Lipinski definition) is 0. The van der Waals surface area contributed by atoms with Gasteiger partial charge in [0.2, 0.25) is 0 Å². The van der Waals surface area contributed by atoms with E-state index in [-0.39, 0.29) is 0 Å². The number of allylic oxidation sites excluding steroid dienone is 1. The molecule has 35 valence electrons. The van der Waals surface area contributed by atoms with E-state index in [1.54, 1.807) is 0 Å². The first-order valence-corrected chi connectivity index (χ1v) is 1.96. The monoisotopic (exact) mass is 155 g/mol. The van der Waals surface area contributed by atoms with Gasteiger partial charge in [-0.25, -0.2) is 0 Å². The maximum atomic E-state index is 11.2. The SMILES string of the molecule is C=[C]C(F)(F)Br. The molecule has 0 nitrogen and oxygen atoms in total. The smallest absolute Gasteiger partial charge is 0.188 e. The van der Waals surface area contributed by atoms with E-state index in [4.69, 9.17) is 0 Å². The molecule has 1 radical (unpaired) electrons. The van der Waals surface area contributed by atoms with Crippen LogP contribution in [0.15, 0.2) is 6.58 Å². The molecule has 0 spiro atoms. The fourth-order valence-electron chi connectivity index (χ4n) is 0. The van der Waals surface area contributed by atoms with E-state index in [9.17, 15) is 8.78 Å². The topological polar surface area (TPSA) is 0 Å². The van der Waals surface area contributed by atoms with Crippen molar-refractivity contribution in [2.45, 2.75) is 4.83 Å². The van der Waals surface area contributed by atoms with Crippen LogP contribution in [0, 0.1) is 6.08 Å². The minimum absolute atomic E-state index is 1.44. The Morgan fingerprint density at radius 1 is 1.67 bits per heavy atom. The standard InChI is InChI=1S/C3H2BrF2/c1-2-3(4,5)6/h1H2. The van der Waals surface area contributed by atoms with Crippen LogP contribution in [0.5, 0.6) is 0 Å². The van der Waals surface area contributed by atoms with Crippen molar-refractivity contribution in [3.63, 3.8) is 0 Å². The molecule has 3 heteroatoms. The molecule has 0 saturated heterocycles. The molecule has 0 rings (SSSR count). The van der Waals surface area contributed by atoms with Crippen LogP contribution in [-0.4, -0.2) is 4.83 Å². The zero-order valence-electron chi connectivity index (χ0n) is 2.84. The summed E-state index contributed by atoms with van der Waals surface area (Å²) in [6.07, 6.45) is 1.44. The van der Waals surface area contributed by atoms with Gasteiger partial charge in [-0.05, 0) is 15.9 Å². The summed E-state index contributed by atoms with van der Waals surface area (Å²) >= 11 is 1.97. The lowest BCUT2D eigenvalue weighted by atomic mass is 10.7. The Morgan fingerprint density at radius 2 is 1.83 bits per heavy atom. The quantitative estimate of drug-likeness (QED) is 0.509. The van der Waals surface area contributed by atoms with Gasteiger partial charge in [0, 0.05) is 6.08 Å². The van der Waals surface area contributed by atoms with Gasteiger partial charge in [-0.3, -0.25) is 0 Å². The third-order valence-corrected chi connectivity index (χ3v) is 0.481. The van der Waals surface area contributed by atoms with Crippen molar-refractivity contribution >= 4 is 15.9 Å². The molecular formula is C3H2BrF2. The van der Waals surface area contributed by atoms with Gasteiger partial charge in [0.15, 0.2) is 0 Å². The number of hydrogen-bond donors (Lipinski definition) is 0. The van der Waals surface area contributed by atoms with E-state index in [1.165, 1.54) is 6.08 Å². The summed E-state index contributed by atoms with van der Waals surface area (Å²) in [5, 5.41) is 0. The highest BCUT2D eigenvalue weighted by atomic mass is 79.9. The van der Waals surface area contributed by atoms with Gasteiger partial charge in [-0.15, -0.1) is 0 Å². The highest BCUT2D eigenvalue weighted by Gasteiger charge is 2.16. The lowest BCUT2D eigenvalue weighted by molar-refractivity contribution is 0.163. The van der Waals surface area contributed by atoms with Gasteiger partial charge in [0.05, 0.1) is 0 Å². The molecule has 0 aliphatic rings. The number of rotatable bonds is 1. The van der Waals surface area contributed by atoms with Crippen molar-refractivity contribution in [2.75, 3.05) is 0 Å². The molecule has 0 fully saturated rings. The Morgan fingerprint density at radius 3 is 1.83 bits per heavy atom. The van der Waals surface area contributed by atoms with E-state index in [0.29, 0.717) is 0 Å². The van der Waals surface area contributed by atoms with Crippen molar-refractivity contribution in [1.29, 1.82) is 0 Å². The van der Waals surface area contributed by atoms with Crippen molar-refractivity contribution in [3.8, 4) is 0 Å². The first-order chi connectivity index (χ1) is 2.56. The van der Waals surface area contributed by atoms with Crippen LogP contribution in [0.25, 0.3) is 0 Å². The van der Waals surface area contributed by atoms with Gasteiger partial charge >= 0.3 is 4.83 Å². The first-order valence-electron chi connectivity index (χ1n) is 1.17. The average Bonchev–Trinajstić information content (AvgIpc) is 1.35. The van der Waals surface area contributed by atoms with Crippen LogP contribution in [0.2, 0.25) is 0 Å². The van der Waals surface area contributed by atoms with Crippen LogP contribution in [0.4, 0.5) is 8.78 Å². The average molecular weight is 156 g/mol. The Kier molecular flexibility index (Phi) is 1.71. The minimum Gasteiger partial charge on any atom is -0.188 e. The predicted octanol–water partition coefficient (Wildman–Crippen LogP) is 1.96. The zero-order valence-corrected chi connectivity index (χ0v) is 4.43. The second-order valence-corrected chi connectivity index (χ2v) is 1.67. The Hall–Kier alpha value is 0.0800. The lowest BCUT2D eigenvalue weighted by Crippen LogP contribution is -1.96. The number of halogens is 3. The molecule has 0 saturated carbocycles. The molecule has 0 atom stereocenters. The molecule has 0 heterocycles. The highest BCUT2D eigenvalue weighted by Crippen LogP contribution is 2.20. The summed E-state index contributed by atoms with van der Waals surface area (Å²) in [5.74, 6) is 0. The van der Waals surface area contributed by atoms with E-state index < -0.39 is 4.83 Å². The molecule has 0 unspecified atom stereocenters. The summed E-state index contributed by atoms with van der Waals surface area (Å²) in [6, 6.07) is 0. The van der Waals surface area contributed by atoms with Crippen LogP contribution in [0.3, 0.4) is 0 Å². The third kappa shape index (κ3) is 4.08. The predicted molar refractivity (Wildman–Crippen MR) is 22.7 cm³/mol. The molecule has 0 N–H and O–H groups in total. The fraction of sp³-hybridized carbons (Fsp3) is 0.333. The number of alkyl halides is 3. The van der Waals surface area contributed by atoms with E-state index >= 15 is 0 Å². The van der Waals surface area contributed by atoms with Crippen molar-refractivity contribution < 1.29 is 8.78 Å². The molecule has 0 aliphatic carbocycles. The molecular weight excluding hydrogens is 154 g/mol. The van der Waals surface area contributed by atoms with Crippen molar-refractivity contribution in [3.05, 3.63) is 12.7 Å². The van der Waals surface area contributed by atoms with Gasteiger partial charge in [0.1, 0.15) is 0 Å². The van der Waals surface area contributed by atoms with Crippen molar-refractivity contribution in [2.24, 2.45) is 0 Å². The molecule has 0 bridgehead atoms. The summed E-state index contributed by atoms with van der Waals surface area (Å²) in [4.78, 5) is -3.01. The van der Waals surface area contributed by atoms with Crippen LogP contribution in [0.1, 0.15) is 0 Å². The molecule has 0 aliphatic heterocycles. The fourth-order valence-corrected chi connectivity index (χ4v) is 0. The van der Waals surface area contributed by atoms with E-state index in [1.807, 2.05) is 15.9 Å². The summed E-state index contributed by atoms with van der Waals surface area (Å²) in [6.45, 7) is 2.71. The second kappa shape index (κ2) is 1.69. The summed E-state index contributed by atoms with van der Waals surface area (Å²) in [5.41, 5.74) is 0. The van der Waals surface area contributed by atoms with Gasteiger partial charge in [-0.1, -0.05) is 6.58 Å². The first kappa shape index (κ1) is 6.08. The van der Waals surface area contributed by atoms with Crippen LogP contribution >= 0.6 is 15.9 Å². The Balaban J connectivity index is 3.45. The summed E-state index contributed by atoms with van der Waals surface area (Å²) < 4.78 is 22.4. The lowest BCUT2D eigenvalue weighted by Gasteiger charge is -1.93. The third-order valence-electron chi connectivity index (χ3n) is 0.200. The highest BCUT2D eigenvalue weighted by molar-refractivity contribution is 9.10. The van der Waals surface area contributed by atoms with Crippen molar-refractivity contribution in [1.82, 2.24) is 0 Å². The molecule has 0 aromatic carbocycles. The van der Waals surface area contributed by atoms with E-state index in [2.05, 4.69) is 6.58 Å². The second-order valence-electron chi connectivity index (χ2n) is 0.675. The largest absolute Gasteiger partial charge is 0.326 e. The van der Waals surface area contributed by atoms with Crippen LogP contribution < -0.4 is 0 Å². The summed E-state index contributed by atoms with van der Waals surface area (Å²) in [7, 11) is 0. The molecule has 6 heavy (non-hydrogen) atoms. The Labute approximate surface area is 43.0 Å². The molecule has 0 aromatic heterocycles. The molecule has 0 amide bonds.